The number of anilines is 1. The number of rotatable bonds is 1. The molecule has 15 heavy (non-hydrogen) atoms. The molecular weight excluding hydrogens is 192 g/mol. The predicted molar refractivity (Wildman–Crippen MR) is 55.5 cm³/mol. The van der Waals surface area contributed by atoms with Gasteiger partial charge in [0.15, 0.2) is 6.29 Å². The van der Waals surface area contributed by atoms with Crippen molar-refractivity contribution < 1.29 is 4.79 Å². The third-order valence-electron chi connectivity index (χ3n) is 2.81. The molecule has 0 unspecified atom stereocenters. The van der Waals surface area contributed by atoms with Gasteiger partial charge in [0, 0.05) is 23.9 Å². The number of carbonyl (C=O) groups is 1. The number of nitrogens with one attached hydrogen (secondary N) is 1. The maximum absolute atomic E-state index is 10.7. The quantitative estimate of drug-likeness (QED) is 0.672. The second-order valence-corrected chi connectivity index (χ2v) is 3.68. The molecule has 0 radical (unpaired) electrons. The van der Waals surface area contributed by atoms with Gasteiger partial charge in [-0.2, -0.15) is 5.10 Å². The molecule has 2 aromatic rings. The maximum atomic E-state index is 10.7. The summed E-state index contributed by atoms with van der Waals surface area (Å²) in [5.41, 5.74) is 9.40. The van der Waals surface area contributed by atoms with E-state index < -0.39 is 0 Å². The molecule has 0 saturated carbocycles. The Bertz CT molecular complexity index is 538. The number of aldehydes is 1. The second-order valence-electron chi connectivity index (χ2n) is 3.68. The Balaban J connectivity index is 2.24. The first kappa shape index (κ1) is 8.28. The van der Waals surface area contributed by atoms with Gasteiger partial charge in [0.1, 0.15) is 5.82 Å². The van der Waals surface area contributed by atoms with Crippen molar-refractivity contribution in [2.75, 3.05) is 5.73 Å². The van der Waals surface area contributed by atoms with Gasteiger partial charge in [0.2, 0.25) is 0 Å². The zero-order valence-corrected chi connectivity index (χ0v) is 8.03. The van der Waals surface area contributed by atoms with Crippen LogP contribution in [-0.4, -0.2) is 21.1 Å². The fraction of sp³-hybridized carbons (Fsp3) is 0.200. The first-order valence-electron chi connectivity index (χ1n) is 4.78. The molecular formula is C10H10N4O. The van der Waals surface area contributed by atoms with Crippen molar-refractivity contribution in [1.82, 2.24) is 14.8 Å². The lowest BCUT2D eigenvalue weighted by Gasteiger charge is -2.14. The van der Waals surface area contributed by atoms with Crippen molar-refractivity contribution in [1.29, 1.82) is 0 Å². The molecule has 0 saturated heterocycles. The molecule has 3 rings (SSSR count). The van der Waals surface area contributed by atoms with Crippen LogP contribution >= 0.6 is 0 Å². The summed E-state index contributed by atoms with van der Waals surface area (Å²) < 4.78 is 2.05. The largest absolute Gasteiger partial charge is 0.382 e. The van der Waals surface area contributed by atoms with Gasteiger partial charge in [-0.15, -0.1) is 0 Å². The third-order valence-corrected chi connectivity index (χ3v) is 2.81. The van der Waals surface area contributed by atoms with Gasteiger partial charge in [0.25, 0.3) is 0 Å². The summed E-state index contributed by atoms with van der Waals surface area (Å²) in [5, 5.41) is 6.89. The number of carbonyl (C=O) groups excluding carboxylic acids is 1. The third kappa shape index (κ3) is 1.03. The van der Waals surface area contributed by atoms with Gasteiger partial charge >= 0.3 is 0 Å². The number of hydrogen-bond acceptors (Lipinski definition) is 3. The fourth-order valence-electron chi connectivity index (χ4n) is 2.07. The van der Waals surface area contributed by atoms with E-state index in [0.29, 0.717) is 11.4 Å². The summed E-state index contributed by atoms with van der Waals surface area (Å²) in [6, 6.07) is 1.85. The number of aryl methyl sites for hydroxylation is 1. The Morgan fingerprint density at radius 1 is 1.60 bits per heavy atom. The Morgan fingerprint density at radius 2 is 2.47 bits per heavy atom. The topological polar surface area (TPSA) is 76.7 Å². The molecule has 3 N–H and O–H groups in total. The molecule has 0 atom stereocenters. The summed E-state index contributed by atoms with van der Waals surface area (Å²) in [7, 11) is 0. The van der Waals surface area contributed by atoms with Gasteiger partial charge in [-0.3, -0.25) is 9.89 Å². The van der Waals surface area contributed by atoms with Crippen LogP contribution in [0.25, 0.3) is 11.4 Å². The van der Waals surface area contributed by atoms with Crippen molar-refractivity contribution in [2.45, 2.75) is 13.0 Å². The van der Waals surface area contributed by atoms with E-state index in [2.05, 4.69) is 10.2 Å². The second kappa shape index (κ2) is 2.73. The summed E-state index contributed by atoms with van der Waals surface area (Å²) in [4.78, 5) is 10.7. The number of nitrogen functional groups attached to an aromatic ring is 1. The molecule has 0 aliphatic carbocycles. The van der Waals surface area contributed by atoms with E-state index in [1.807, 2.05) is 16.8 Å². The van der Waals surface area contributed by atoms with Crippen LogP contribution < -0.4 is 5.73 Å². The van der Waals surface area contributed by atoms with Crippen molar-refractivity contribution in [3.63, 3.8) is 0 Å². The van der Waals surface area contributed by atoms with E-state index in [-0.39, 0.29) is 0 Å². The van der Waals surface area contributed by atoms with E-state index in [9.17, 15) is 4.79 Å². The van der Waals surface area contributed by atoms with Crippen LogP contribution in [0.15, 0.2) is 12.3 Å². The molecule has 5 heteroatoms. The van der Waals surface area contributed by atoms with Gasteiger partial charge in [-0.25, -0.2) is 0 Å². The van der Waals surface area contributed by atoms with Crippen molar-refractivity contribution in [2.24, 2.45) is 0 Å². The number of nitrogens with zero attached hydrogens (tertiary/aromatic N) is 2. The minimum absolute atomic E-state index is 0.560. The minimum Gasteiger partial charge on any atom is -0.382 e. The molecule has 3 heterocycles. The number of H-pyrrole nitrogens is 1. The Morgan fingerprint density at radius 3 is 3.27 bits per heavy atom. The van der Waals surface area contributed by atoms with Crippen LogP contribution in [-0.2, 0) is 13.0 Å². The van der Waals surface area contributed by atoms with Crippen LogP contribution in [0.3, 0.4) is 0 Å². The lowest BCUT2D eigenvalue weighted by atomic mass is 10.1. The number of fused-ring (bicyclic) bond motifs is 3. The van der Waals surface area contributed by atoms with Crippen LogP contribution in [0.4, 0.5) is 5.82 Å². The van der Waals surface area contributed by atoms with Crippen LogP contribution in [0.5, 0.6) is 0 Å². The predicted octanol–water partition coefficient (Wildman–Crippen LogP) is 0.829. The zero-order valence-electron chi connectivity index (χ0n) is 8.03. The standard InChI is InChI=1S/C10H10N4O/c11-10-7-1-2-14-4-6(5-15)3-8(14)9(7)12-13-10/h3-5H,1-2H2,(H3,11,12,13). The molecule has 1 aliphatic rings. The highest BCUT2D eigenvalue weighted by atomic mass is 16.1. The highest BCUT2D eigenvalue weighted by Gasteiger charge is 2.21. The number of aromatic nitrogens is 3. The first-order valence-corrected chi connectivity index (χ1v) is 4.78. The van der Waals surface area contributed by atoms with Crippen LogP contribution in [0, 0.1) is 0 Å². The molecule has 0 amide bonds. The molecule has 1 aliphatic heterocycles. The number of nitrogens with two attached hydrogens (primary N) is 1. The molecule has 0 bridgehead atoms. The summed E-state index contributed by atoms with van der Waals surface area (Å²) in [5.74, 6) is 0.560. The number of hydrogen-bond donors (Lipinski definition) is 2. The highest BCUT2D eigenvalue weighted by Crippen LogP contribution is 2.31. The number of aromatic amines is 1. The lowest BCUT2D eigenvalue weighted by Crippen LogP contribution is -2.09. The van der Waals surface area contributed by atoms with E-state index in [4.69, 9.17) is 5.73 Å². The Labute approximate surface area is 85.9 Å². The molecule has 2 aromatic heterocycles. The smallest absolute Gasteiger partial charge is 0.151 e. The fourth-order valence-corrected chi connectivity index (χ4v) is 2.07. The highest BCUT2D eigenvalue weighted by molar-refractivity contribution is 5.79. The van der Waals surface area contributed by atoms with E-state index in [1.54, 1.807) is 0 Å². The molecule has 0 spiro atoms. The molecule has 5 nitrogen and oxygen atoms in total. The van der Waals surface area contributed by atoms with Crippen molar-refractivity contribution >= 4 is 12.1 Å². The van der Waals surface area contributed by atoms with Crippen molar-refractivity contribution in [3.8, 4) is 11.4 Å². The molecule has 0 fully saturated rings. The van der Waals surface area contributed by atoms with Gasteiger partial charge in [-0.1, -0.05) is 0 Å². The van der Waals surface area contributed by atoms with Gasteiger partial charge in [-0.05, 0) is 12.5 Å². The summed E-state index contributed by atoms with van der Waals surface area (Å²) in [6.07, 6.45) is 3.56. The van der Waals surface area contributed by atoms with E-state index >= 15 is 0 Å². The van der Waals surface area contributed by atoms with Crippen LogP contribution in [0.2, 0.25) is 0 Å². The SMILES string of the molecule is Nc1n[nH]c2c1CCn1cc(C=O)cc1-2. The van der Waals surface area contributed by atoms with E-state index in [1.165, 1.54) is 0 Å². The summed E-state index contributed by atoms with van der Waals surface area (Å²) in [6.45, 7) is 0.847. The lowest BCUT2D eigenvalue weighted by molar-refractivity contribution is 0.112. The van der Waals surface area contributed by atoms with Gasteiger partial charge < -0.3 is 10.3 Å². The molecule has 0 aromatic carbocycles. The first-order chi connectivity index (χ1) is 7.29. The average Bonchev–Trinajstić information content (AvgIpc) is 2.81. The Hall–Kier alpha value is -2.04. The van der Waals surface area contributed by atoms with Gasteiger partial charge in [0.05, 0.1) is 11.4 Å². The monoisotopic (exact) mass is 202 g/mol. The Kier molecular flexibility index (Phi) is 1.50. The normalized spacial score (nSPS) is 13.3. The van der Waals surface area contributed by atoms with E-state index in [0.717, 1.165) is 36.2 Å². The average molecular weight is 202 g/mol. The summed E-state index contributed by atoms with van der Waals surface area (Å²) >= 11 is 0. The molecule has 76 valence electrons. The van der Waals surface area contributed by atoms with Crippen molar-refractivity contribution in [3.05, 3.63) is 23.4 Å². The zero-order chi connectivity index (χ0) is 10.4. The maximum Gasteiger partial charge on any atom is 0.151 e. The van der Waals surface area contributed by atoms with Crippen LogP contribution in [0.1, 0.15) is 15.9 Å². The minimum atomic E-state index is 0.560.